The Morgan fingerprint density at radius 2 is 1.84 bits per heavy atom. The van der Waals surface area contributed by atoms with Crippen molar-refractivity contribution in [3.8, 4) is 5.75 Å². The molecule has 31 heavy (non-hydrogen) atoms. The van der Waals surface area contributed by atoms with Gasteiger partial charge in [0, 0.05) is 13.0 Å². The van der Waals surface area contributed by atoms with E-state index in [1.807, 2.05) is 6.92 Å². The second-order valence-electron chi connectivity index (χ2n) is 7.07. The highest BCUT2D eigenvalue weighted by Crippen LogP contribution is 2.22. The van der Waals surface area contributed by atoms with E-state index in [0.717, 1.165) is 37.1 Å². The maximum atomic E-state index is 13.1. The molecule has 0 fully saturated rings. The standard InChI is InChI=1S/C23H24FNO5S/c1-2-3-9-23(26)25(17-21-8-5-14-29-21)16-18-6-4-7-20(15-18)30-31(27,28)22-12-10-19(24)11-13-22/h4-8,10-15H,2-3,9,16-17H2,1H3. The number of hydrogen-bond acceptors (Lipinski definition) is 5. The van der Waals surface area contributed by atoms with Crippen molar-refractivity contribution in [1.29, 1.82) is 0 Å². The summed E-state index contributed by atoms with van der Waals surface area (Å²) in [5.41, 5.74) is 0.711. The molecule has 0 aliphatic heterocycles. The molecule has 0 atom stereocenters. The fourth-order valence-electron chi connectivity index (χ4n) is 3.00. The minimum Gasteiger partial charge on any atom is -0.467 e. The monoisotopic (exact) mass is 445 g/mol. The van der Waals surface area contributed by atoms with Gasteiger partial charge in [-0.05, 0) is 60.5 Å². The summed E-state index contributed by atoms with van der Waals surface area (Å²) in [6, 6.07) is 14.5. The fourth-order valence-corrected chi connectivity index (χ4v) is 3.92. The second kappa shape index (κ2) is 10.3. The molecule has 8 heteroatoms. The van der Waals surface area contributed by atoms with E-state index >= 15 is 0 Å². The van der Waals surface area contributed by atoms with Gasteiger partial charge < -0.3 is 13.5 Å². The molecular weight excluding hydrogens is 421 g/mol. The van der Waals surface area contributed by atoms with E-state index in [2.05, 4.69) is 0 Å². The summed E-state index contributed by atoms with van der Waals surface area (Å²) in [6.45, 7) is 2.61. The molecule has 0 aliphatic carbocycles. The van der Waals surface area contributed by atoms with E-state index in [4.69, 9.17) is 8.60 Å². The Balaban J connectivity index is 1.76. The van der Waals surface area contributed by atoms with E-state index in [-0.39, 0.29) is 23.1 Å². The minimum atomic E-state index is -4.11. The molecule has 0 N–H and O–H groups in total. The molecule has 0 saturated carbocycles. The van der Waals surface area contributed by atoms with Crippen LogP contribution in [0.15, 0.2) is 76.2 Å². The lowest BCUT2D eigenvalue weighted by molar-refractivity contribution is -0.132. The molecule has 1 aromatic heterocycles. The van der Waals surface area contributed by atoms with E-state index in [1.165, 1.54) is 6.07 Å². The van der Waals surface area contributed by atoms with Gasteiger partial charge in [0.25, 0.3) is 0 Å². The van der Waals surface area contributed by atoms with Crippen LogP contribution in [0.5, 0.6) is 5.75 Å². The molecule has 0 radical (unpaired) electrons. The van der Waals surface area contributed by atoms with Crippen LogP contribution in [0.3, 0.4) is 0 Å². The maximum Gasteiger partial charge on any atom is 0.339 e. The van der Waals surface area contributed by atoms with Crippen LogP contribution in [-0.2, 0) is 28.0 Å². The molecule has 1 heterocycles. The van der Waals surface area contributed by atoms with Crippen molar-refractivity contribution in [3.05, 3.63) is 84.1 Å². The van der Waals surface area contributed by atoms with E-state index < -0.39 is 15.9 Å². The summed E-state index contributed by atoms with van der Waals surface area (Å²) in [4.78, 5) is 14.2. The van der Waals surface area contributed by atoms with Crippen LogP contribution < -0.4 is 4.18 Å². The first kappa shape index (κ1) is 22.6. The largest absolute Gasteiger partial charge is 0.467 e. The number of halogens is 1. The molecule has 0 aliphatic rings. The van der Waals surface area contributed by atoms with Crippen LogP contribution in [-0.4, -0.2) is 19.2 Å². The molecule has 2 aromatic carbocycles. The number of carbonyl (C=O) groups excluding carboxylic acids is 1. The molecule has 0 spiro atoms. The molecule has 1 amide bonds. The van der Waals surface area contributed by atoms with Crippen molar-refractivity contribution in [3.63, 3.8) is 0 Å². The predicted octanol–water partition coefficient (Wildman–Crippen LogP) is 4.91. The molecule has 0 bridgehead atoms. The highest BCUT2D eigenvalue weighted by Gasteiger charge is 2.19. The number of unbranched alkanes of at least 4 members (excludes halogenated alkanes) is 1. The summed E-state index contributed by atoms with van der Waals surface area (Å²) in [5.74, 6) is 0.228. The zero-order valence-electron chi connectivity index (χ0n) is 17.2. The van der Waals surface area contributed by atoms with Crippen LogP contribution in [0.2, 0.25) is 0 Å². The average Bonchev–Trinajstić information content (AvgIpc) is 3.25. The van der Waals surface area contributed by atoms with Crippen molar-refractivity contribution in [2.24, 2.45) is 0 Å². The topological polar surface area (TPSA) is 76.8 Å². The Morgan fingerprint density at radius 1 is 1.06 bits per heavy atom. The van der Waals surface area contributed by atoms with Gasteiger partial charge in [0.15, 0.2) is 0 Å². The number of nitrogens with zero attached hydrogens (tertiary/aromatic N) is 1. The Kier molecular flexibility index (Phi) is 7.46. The lowest BCUT2D eigenvalue weighted by Crippen LogP contribution is -2.29. The number of furan rings is 1. The first-order valence-corrected chi connectivity index (χ1v) is 11.4. The van der Waals surface area contributed by atoms with Crippen molar-refractivity contribution < 1.29 is 26.2 Å². The first-order valence-electron chi connectivity index (χ1n) is 9.96. The quantitative estimate of drug-likeness (QED) is 0.415. The Labute approximate surface area is 181 Å². The number of amides is 1. The Bertz CT molecular complexity index is 1100. The first-order chi connectivity index (χ1) is 14.9. The summed E-state index contributed by atoms with van der Waals surface area (Å²) in [7, 11) is -4.11. The third-order valence-electron chi connectivity index (χ3n) is 4.60. The fraction of sp³-hybridized carbons (Fsp3) is 0.261. The molecule has 0 unspecified atom stereocenters. The van der Waals surface area contributed by atoms with Gasteiger partial charge >= 0.3 is 10.1 Å². The normalized spacial score (nSPS) is 11.3. The van der Waals surface area contributed by atoms with Crippen molar-refractivity contribution >= 4 is 16.0 Å². The SMILES string of the molecule is CCCCC(=O)N(Cc1cccc(OS(=O)(=O)c2ccc(F)cc2)c1)Cc1ccco1. The van der Waals surface area contributed by atoms with Crippen LogP contribution in [0, 0.1) is 5.82 Å². The van der Waals surface area contributed by atoms with E-state index in [0.29, 0.717) is 24.3 Å². The molecular formula is C23H24FNO5S. The predicted molar refractivity (Wildman–Crippen MR) is 113 cm³/mol. The lowest BCUT2D eigenvalue weighted by atomic mass is 10.1. The van der Waals surface area contributed by atoms with Crippen LogP contribution in [0.1, 0.15) is 37.5 Å². The van der Waals surface area contributed by atoms with Crippen molar-refractivity contribution in [2.75, 3.05) is 0 Å². The van der Waals surface area contributed by atoms with Crippen LogP contribution in [0.4, 0.5) is 4.39 Å². The summed E-state index contributed by atoms with van der Waals surface area (Å²) in [6.07, 6.45) is 3.67. The zero-order valence-corrected chi connectivity index (χ0v) is 18.0. The van der Waals surface area contributed by atoms with Crippen LogP contribution in [0.25, 0.3) is 0 Å². The van der Waals surface area contributed by atoms with Gasteiger partial charge in [0.1, 0.15) is 22.2 Å². The number of rotatable bonds is 10. The van der Waals surface area contributed by atoms with Crippen LogP contribution >= 0.6 is 0 Å². The molecule has 3 aromatic rings. The zero-order chi connectivity index (χ0) is 22.3. The third-order valence-corrected chi connectivity index (χ3v) is 5.87. The highest BCUT2D eigenvalue weighted by molar-refractivity contribution is 7.87. The molecule has 6 nitrogen and oxygen atoms in total. The molecule has 164 valence electrons. The third kappa shape index (κ3) is 6.42. The summed E-state index contributed by atoms with van der Waals surface area (Å²) < 4.78 is 48.6. The number of benzene rings is 2. The number of carbonyl (C=O) groups is 1. The Morgan fingerprint density at radius 3 is 2.52 bits per heavy atom. The lowest BCUT2D eigenvalue weighted by Gasteiger charge is -2.22. The number of hydrogen-bond donors (Lipinski definition) is 0. The van der Waals surface area contributed by atoms with E-state index in [9.17, 15) is 17.6 Å². The summed E-state index contributed by atoms with van der Waals surface area (Å²) in [5, 5.41) is 0. The smallest absolute Gasteiger partial charge is 0.339 e. The Hall–Kier alpha value is -3.13. The van der Waals surface area contributed by atoms with Gasteiger partial charge in [-0.1, -0.05) is 25.5 Å². The van der Waals surface area contributed by atoms with Gasteiger partial charge in [-0.25, -0.2) is 4.39 Å². The van der Waals surface area contributed by atoms with Gasteiger partial charge in [0.2, 0.25) is 5.91 Å². The van der Waals surface area contributed by atoms with Gasteiger partial charge in [0.05, 0.1) is 12.8 Å². The van der Waals surface area contributed by atoms with E-state index in [1.54, 1.807) is 41.5 Å². The van der Waals surface area contributed by atoms with Gasteiger partial charge in [-0.15, -0.1) is 0 Å². The van der Waals surface area contributed by atoms with Gasteiger partial charge in [-0.3, -0.25) is 4.79 Å². The van der Waals surface area contributed by atoms with Crippen molar-refractivity contribution in [1.82, 2.24) is 4.90 Å². The van der Waals surface area contributed by atoms with Crippen molar-refractivity contribution in [2.45, 2.75) is 44.2 Å². The van der Waals surface area contributed by atoms with Gasteiger partial charge in [-0.2, -0.15) is 8.42 Å². The minimum absolute atomic E-state index is 0.0106. The summed E-state index contributed by atoms with van der Waals surface area (Å²) >= 11 is 0. The molecule has 0 saturated heterocycles. The second-order valence-corrected chi connectivity index (χ2v) is 8.62. The highest BCUT2D eigenvalue weighted by atomic mass is 32.2. The molecule has 3 rings (SSSR count). The maximum absolute atomic E-state index is 13.1. The average molecular weight is 446 g/mol.